The SMILES string of the molecule is O=C(NC(=S)Nc1ccc(S(=O)(=O)Nc2ccccc2)cc1)c1cccc(Br)c1. The number of hydrogen-bond donors (Lipinski definition) is 3. The van der Waals surface area contributed by atoms with Crippen molar-refractivity contribution in [3.63, 3.8) is 0 Å². The summed E-state index contributed by atoms with van der Waals surface area (Å²) in [5.74, 6) is -0.352. The number of thiocarbonyl (C=S) groups is 1. The van der Waals surface area contributed by atoms with Gasteiger partial charge in [0.25, 0.3) is 15.9 Å². The molecule has 0 saturated carbocycles. The maximum absolute atomic E-state index is 12.4. The highest BCUT2D eigenvalue weighted by molar-refractivity contribution is 9.10. The van der Waals surface area contributed by atoms with Crippen molar-refractivity contribution in [1.82, 2.24) is 5.32 Å². The minimum absolute atomic E-state index is 0.105. The number of halogens is 1. The van der Waals surface area contributed by atoms with Crippen LogP contribution in [0.1, 0.15) is 10.4 Å². The quantitative estimate of drug-likeness (QED) is 0.463. The fourth-order valence-electron chi connectivity index (χ4n) is 2.41. The van der Waals surface area contributed by atoms with Crippen LogP contribution in [0.25, 0.3) is 0 Å². The number of carbonyl (C=O) groups is 1. The maximum atomic E-state index is 12.4. The monoisotopic (exact) mass is 489 g/mol. The zero-order valence-electron chi connectivity index (χ0n) is 14.9. The molecule has 3 rings (SSSR count). The van der Waals surface area contributed by atoms with Gasteiger partial charge in [-0.3, -0.25) is 14.8 Å². The molecule has 0 aliphatic heterocycles. The zero-order chi connectivity index (χ0) is 20.9. The van der Waals surface area contributed by atoms with Gasteiger partial charge in [-0.2, -0.15) is 0 Å². The van der Waals surface area contributed by atoms with E-state index in [-0.39, 0.29) is 15.9 Å². The van der Waals surface area contributed by atoms with E-state index in [1.807, 2.05) is 6.07 Å². The molecule has 3 aromatic carbocycles. The Morgan fingerprint density at radius 1 is 0.862 bits per heavy atom. The van der Waals surface area contributed by atoms with Crippen LogP contribution in [0.5, 0.6) is 0 Å². The maximum Gasteiger partial charge on any atom is 0.261 e. The van der Waals surface area contributed by atoms with Gasteiger partial charge < -0.3 is 5.32 Å². The minimum Gasteiger partial charge on any atom is -0.332 e. The summed E-state index contributed by atoms with van der Waals surface area (Å²) >= 11 is 8.46. The molecule has 0 heterocycles. The van der Waals surface area contributed by atoms with Crippen LogP contribution in [-0.2, 0) is 10.0 Å². The lowest BCUT2D eigenvalue weighted by Crippen LogP contribution is -2.34. The Balaban J connectivity index is 1.62. The van der Waals surface area contributed by atoms with Crippen molar-refractivity contribution in [2.24, 2.45) is 0 Å². The highest BCUT2D eigenvalue weighted by Crippen LogP contribution is 2.18. The van der Waals surface area contributed by atoms with E-state index in [0.717, 1.165) is 4.47 Å². The van der Waals surface area contributed by atoms with Crippen LogP contribution in [0.4, 0.5) is 11.4 Å². The van der Waals surface area contributed by atoms with Gasteiger partial charge in [0.1, 0.15) is 0 Å². The number of hydrogen-bond acceptors (Lipinski definition) is 4. The fourth-order valence-corrected chi connectivity index (χ4v) is 4.07. The van der Waals surface area contributed by atoms with Gasteiger partial charge in [0.05, 0.1) is 4.90 Å². The van der Waals surface area contributed by atoms with Crippen LogP contribution < -0.4 is 15.4 Å². The molecule has 3 aromatic rings. The number of sulfonamides is 1. The molecule has 0 aliphatic carbocycles. The summed E-state index contributed by atoms with van der Waals surface area (Å²) in [4.78, 5) is 12.3. The smallest absolute Gasteiger partial charge is 0.261 e. The lowest BCUT2D eigenvalue weighted by Gasteiger charge is -2.11. The molecular weight excluding hydrogens is 474 g/mol. The predicted octanol–water partition coefficient (Wildman–Crippen LogP) is 4.38. The van der Waals surface area contributed by atoms with Crippen molar-refractivity contribution >= 4 is 60.6 Å². The van der Waals surface area contributed by atoms with E-state index < -0.39 is 10.0 Å². The Bertz CT molecular complexity index is 1140. The average molecular weight is 490 g/mol. The van der Waals surface area contributed by atoms with Gasteiger partial charge in [-0.25, -0.2) is 8.42 Å². The molecule has 0 aliphatic rings. The molecule has 6 nitrogen and oxygen atoms in total. The van der Waals surface area contributed by atoms with E-state index >= 15 is 0 Å². The third-order valence-corrected chi connectivity index (χ3v) is 5.86. The summed E-state index contributed by atoms with van der Waals surface area (Å²) < 4.78 is 28.2. The van der Waals surface area contributed by atoms with E-state index in [9.17, 15) is 13.2 Å². The van der Waals surface area contributed by atoms with Crippen LogP contribution in [-0.4, -0.2) is 19.4 Å². The summed E-state index contributed by atoms with van der Waals surface area (Å²) in [5.41, 5.74) is 1.48. The third-order valence-electron chi connectivity index (χ3n) is 3.76. The Kier molecular flexibility index (Phi) is 6.63. The van der Waals surface area contributed by atoms with Crippen LogP contribution in [0.2, 0.25) is 0 Å². The van der Waals surface area contributed by atoms with Crippen LogP contribution in [0, 0.1) is 0 Å². The molecule has 0 bridgehead atoms. The molecule has 1 amide bonds. The Morgan fingerprint density at radius 3 is 2.21 bits per heavy atom. The van der Waals surface area contributed by atoms with Gasteiger partial charge in [-0.1, -0.05) is 40.2 Å². The second kappa shape index (κ2) is 9.17. The number of para-hydroxylation sites is 1. The summed E-state index contributed by atoms with van der Waals surface area (Å²) in [5, 5.41) is 5.54. The first-order valence-electron chi connectivity index (χ1n) is 8.39. The molecule has 3 N–H and O–H groups in total. The fraction of sp³-hybridized carbons (Fsp3) is 0. The van der Waals surface area contributed by atoms with Gasteiger partial charge in [0.15, 0.2) is 5.11 Å². The van der Waals surface area contributed by atoms with Crippen molar-refractivity contribution in [2.45, 2.75) is 4.90 Å². The van der Waals surface area contributed by atoms with Crippen LogP contribution >= 0.6 is 28.1 Å². The molecule has 0 fully saturated rings. The largest absolute Gasteiger partial charge is 0.332 e. The lowest BCUT2D eigenvalue weighted by molar-refractivity contribution is 0.0977. The topological polar surface area (TPSA) is 87.3 Å². The molecule has 0 saturated heterocycles. The number of amides is 1. The zero-order valence-corrected chi connectivity index (χ0v) is 18.1. The molecule has 29 heavy (non-hydrogen) atoms. The van der Waals surface area contributed by atoms with Gasteiger partial charge in [-0.05, 0) is 66.8 Å². The van der Waals surface area contributed by atoms with Crippen LogP contribution in [0.3, 0.4) is 0 Å². The molecule has 0 atom stereocenters. The van der Waals surface area contributed by atoms with Crippen LogP contribution in [0.15, 0.2) is 88.2 Å². The molecule has 9 heteroatoms. The van der Waals surface area contributed by atoms with Crippen molar-refractivity contribution in [3.05, 3.63) is 88.9 Å². The second-order valence-electron chi connectivity index (χ2n) is 5.91. The second-order valence-corrected chi connectivity index (χ2v) is 8.92. The van der Waals surface area contributed by atoms with Crippen molar-refractivity contribution in [3.8, 4) is 0 Å². The van der Waals surface area contributed by atoms with E-state index in [4.69, 9.17) is 12.2 Å². The highest BCUT2D eigenvalue weighted by Gasteiger charge is 2.14. The van der Waals surface area contributed by atoms with Crippen molar-refractivity contribution in [2.75, 3.05) is 10.0 Å². The van der Waals surface area contributed by atoms with Gasteiger partial charge in [-0.15, -0.1) is 0 Å². The lowest BCUT2D eigenvalue weighted by atomic mass is 10.2. The third kappa shape index (κ3) is 5.86. The van der Waals surface area contributed by atoms with Crippen molar-refractivity contribution < 1.29 is 13.2 Å². The number of nitrogens with one attached hydrogen (secondary N) is 3. The molecular formula is C20H16BrN3O3S2. The Labute approximate surface area is 182 Å². The number of rotatable bonds is 5. The normalized spacial score (nSPS) is 10.8. The minimum atomic E-state index is -3.70. The van der Waals surface area contributed by atoms with E-state index in [0.29, 0.717) is 16.9 Å². The number of carbonyl (C=O) groups excluding carboxylic acids is 1. The molecule has 0 aromatic heterocycles. The first-order chi connectivity index (χ1) is 13.8. The first-order valence-corrected chi connectivity index (χ1v) is 11.1. The summed E-state index contributed by atoms with van der Waals surface area (Å²) in [6.07, 6.45) is 0. The molecule has 0 radical (unpaired) electrons. The first kappa shape index (κ1) is 21.0. The van der Waals surface area contributed by atoms with E-state index in [2.05, 4.69) is 31.3 Å². The van der Waals surface area contributed by atoms with Gasteiger partial charge in [0.2, 0.25) is 0 Å². The average Bonchev–Trinajstić information content (AvgIpc) is 2.68. The molecule has 0 unspecified atom stereocenters. The Morgan fingerprint density at radius 2 is 1.55 bits per heavy atom. The summed E-state index contributed by atoms with van der Waals surface area (Å²) in [7, 11) is -3.70. The highest BCUT2D eigenvalue weighted by atomic mass is 79.9. The van der Waals surface area contributed by atoms with E-state index in [1.54, 1.807) is 60.7 Å². The van der Waals surface area contributed by atoms with Gasteiger partial charge >= 0.3 is 0 Å². The predicted molar refractivity (Wildman–Crippen MR) is 122 cm³/mol. The standard InChI is InChI=1S/C20H16BrN3O3S2/c21-15-6-4-5-14(13-15)19(25)23-20(28)22-16-9-11-18(12-10-16)29(26,27)24-17-7-2-1-3-8-17/h1-13,24H,(H2,22,23,25,28). The number of benzene rings is 3. The van der Waals surface area contributed by atoms with Gasteiger partial charge in [0, 0.05) is 21.4 Å². The molecule has 148 valence electrons. The molecule has 0 spiro atoms. The summed E-state index contributed by atoms with van der Waals surface area (Å²) in [6, 6.07) is 21.6. The number of anilines is 2. The van der Waals surface area contributed by atoms with Crippen molar-refractivity contribution in [1.29, 1.82) is 0 Å². The Hall–Kier alpha value is -2.75. The summed E-state index contributed by atoms with van der Waals surface area (Å²) in [6.45, 7) is 0. The van der Waals surface area contributed by atoms with E-state index in [1.165, 1.54) is 12.1 Å².